The van der Waals surface area contributed by atoms with Gasteiger partial charge in [-0.15, -0.1) is 0 Å². The molecule has 6 nitrogen and oxygen atoms in total. The van der Waals surface area contributed by atoms with Crippen LogP contribution in [0.3, 0.4) is 0 Å². The van der Waals surface area contributed by atoms with Crippen molar-refractivity contribution in [3.63, 3.8) is 0 Å². The van der Waals surface area contributed by atoms with Crippen LogP contribution in [0.1, 0.15) is 66.7 Å². The predicted molar refractivity (Wildman–Crippen MR) is 118 cm³/mol. The quantitative estimate of drug-likeness (QED) is 0.701. The van der Waals surface area contributed by atoms with E-state index in [1.54, 1.807) is 0 Å². The summed E-state index contributed by atoms with van der Waals surface area (Å²) in [6.45, 7) is 17.0. The third kappa shape index (κ3) is 6.56. The van der Waals surface area contributed by atoms with Crippen molar-refractivity contribution in [1.82, 2.24) is 20.0 Å². The van der Waals surface area contributed by atoms with E-state index in [1.165, 1.54) is 12.8 Å². The van der Waals surface area contributed by atoms with Crippen LogP contribution in [0.2, 0.25) is 0 Å². The molecule has 2 aliphatic heterocycles. The molecule has 0 unspecified atom stereocenters. The number of carbonyl (C=O) groups excluding carboxylic acids is 1. The predicted octanol–water partition coefficient (Wildman–Crippen LogP) is 3.17. The Morgan fingerprint density at radius 2 is 1.90 bits per heavy atom. The van der Waals surface area contributed by atoms with Crippen LogP contribution < -0.4 is 5.32 Å². The first kappa shape index (κ1) is 22.8. The molecule has 1 aliphatic carbocycles. The molecule has 3 fully saturated rings. The number of ether oxygens (including phenoxy) is 1. The zero-order chi connectivity index (χ0) is 21.2. The second kappa shape index (κ2) is 9.11. The van der Waals surface area contributed by atoms with Gasteiger partial charge in [0.25, 0.3) is 0 Å². The molecule has 3 aliphatic rings. The average molecular weight is 409 g/mol. The van der Waals surface area contributed by atoms with Crippen LogP contribution in [0.4, 0.5) is 4.79 Å². The zero-order valence-electron chi connectivity index (χ0n) is 19.7. The molecule has 1 N–H and O–H groups in total. The lowest BCUT2D eigenvalue weighted by molar-refractivity contribution is 0.0210. The number of carbonyl (C=O) groups is 1. The largest absolute Gasteiger partial charge is 0.444 e. The number of rotatable bonds is 7. The molecule has 2 saturated heterocycles. The van der Waals surface area contributed by atoms with E-state index in [2.05, 4.69) is 36.0 Å². The minimum absolute atomic E-state index is 0.130. The van der Waals surface area contributed by atoms with E-state index in [4.69, 9.17) is 4.74 Å². The van der Waals surface area contributed by atoms with Crippen molar-refractivity contribution >= 4 is 6.09 Å². The second-order valence-corrected chi connectivity index (χ2v) is 11.1. The summed E-state index contributed by atoms with van der Waals surface area (Å²) in [4.78, 5) is 19.7. The first-order valence-corrected chi connectivity index (χ1v) is 11.7. The van der Waals surface area contributed by atoms with Gasteiger partial charge < -0.3 is 15.0 Å². The Morgan fingerprint density at radius 3 is 2.52 bits per heavy atom. The SMILES string of the molecule is CN1CCN(CCN[C@H](C[C@H]2CCCN2C(=O)OC(C)(C)C)C2CC2)CC1(C)C. The fourth-order valence-electron chi connectivity index (χ4n) is 4.82. The van der Waals surface area contributed by atoms with Crippen LogP contribution in [0.25, 0.3) is 0 Å². The van der Waals surface area contributed by atoms with Crippen molar-refractivity contribution in [3.8, 4) is 0 Å². The highest BCUT2D eigenvalue weighted by Gasteiger charge is 2.38. The molecule has 1 amide bonds. The molecular formula is C23H44N4O2. The third-order valence-electron chi connectivity index (χ3n) is 6.95. The molecule has 168 valence electrons. The maximum absolute atomic E-state index is 12.6. The lowest BCUT2D eigenvalue weighted by Crippen LogP contribution is -2.58. The second-order valence-electron chi connectivity index (χ2n) is 11.1. The van der Waals surface area contributed by atoms with E-state index in [-0.39, 0.29) is 11.6 Å². The normalized spacial score (nSPS) is 27.2. The van der Waals surface area contributed by atoms with E-state index < -0.39 is 5.60 Å². The van der Waals surface area contributed by atoms with Crippen molar-refractivity contribution in [3.05, 3.63) is 0 Å². The maximum Gasteiger partial charge on any atom is 0.410 e. The van der Waals surface area contributed by atoms with Crippen LogP contribution >= 0.6 is 0 Å². The summed E-state index contributed by atoms with van der Waals surface area (Å²) in [5, 5.41) is 3.87. The molecule has 1 saturated carbocycles. The van der Waals surface area contributed by atoms with Gasteiger partial charge in [0, 0.05) is 56.9 Å². The number of nitrogens with zero attached hydrogens (tertiary/aromatic N) is 3. The number of nitrogens with one attached hydrogen (secondary N) is 1. The molecule has 0 radical (unpaired) electrons. The van der Waals surface area contributed by atoms with Crippen molar-refractivity contribution in [2.75, 3.05) is 46.3 Å². The van der Waals surface area contributed by atoms with Gasteiger partial charge in [-0.25, -0.2) is 4.79 Å². The molecule has 0 bridgehead atoms. The molecular weight excluding hydrogens is 364 g/mol. The van der Waals surface area contributed by atoms with E-state index >= 15 is 0 Å². The van der Waals surface area contributed by atoms with Crippen LogP contribution in [-0.4, -0.2) is 90.3 Å². The molecule has 0 spiro atoms. The highest BCUT2D eigenvalue weighted by molar-refractivity contribution is 5.68. The lowest BCUT2D eigenvalue weighted by atomic mass is 9.99. The molecule has 2 atom stereocenters. The Hall–Kier alpha value is -0.850. The Balaban J connectivity index is 1.47. The fraction of sp³-hybridized carbons (Fsp3) is 0.957. The third-order valence-corrected chi connectivity index (χ3v) is 6.95. The Morgan fingerprint density at radius 1 is 1.17 bits per heavy atom. The zero-order valence-corrected chi connectivity index (χ0v) is 19.7. The van der Waals surface area contributed by atoms with Crippen molar-refractivity contribution < 1.29 is 9.53 Å². The highest BCUT2D eigenvalue weighted by Crippen LogP contribution is 2.36. The number of likely N-dealkylation sites (N-methyl/N-ethyl adjacent to an activating group) is 1. The van der Waals surface area contributed by atoms with Gasteiger partial charge in [0.2, 0.25) is 0 Å². The lowest BCUT2D eigenvalue weighted by Gasteiger charge is -2.45. The van der Waals surface area contributed by atoms with Crippen LogP contribution in [0, 0.1) is 5.92 Å². The summed E-state index contributed by atoms with van der Waals surface area (Å²) in [5.41, 5.74) is -0.166. The van der Waals surface area contributed by atoms with Gasteiger partial charge in [0.1, 0.15) is 5.60 Å². The summed E-state index contributed by atoms with van der Waals surface area (Å²) in [6.07, 6.45) is 5.80. The van der Waals surface area contributed by atoms with Crippen LogP contribution in [-0.2, 0) is 4.74 Å². The minimum atomic E-state index is -0.422. The fourth-order valence-corrected chi connectivity index (χ4v) is 4.82. The molecule has 0 aromatic rings. The number of amides is 1. The van der Waals surface area contributed by atoms with Gasteiger partial charge in [-0.05, 0) is 79.7 Å². The standard InChI is InChI=1S/C23H44N4O2/c1-22(2,3)29-21(28)27-12-7-8-19(27)16-20(18-9-10-18)24-11-13-26-15-14-25(6)23(4,5)17-26/h18-20,24H,7-17H2,1-6H3/t19-,20-/m1/s1. The van der Waals surface area contributed by atoms with Gasteiger partial charge >= 0.3 is 6.09 Å². The molecule has 6 heteroatoms. The van der Waals surface area contributed by atoms with E-state index in [0.29, 0.717) is 12.1 Å². The van der Waals surface area contributed by atoms with Gasteiger partial charge in [-0.3, -0.25) is 9.80 Å². The Labute approximate surface area is 178 Å². The Bertz CT molecular complexity index is 556. The van der Waals surface area contributed by atoms with Crippen LogP contribution in [0.5, 0.6) is 0 Å². The van der Waals surface area contributed by atoms with E-state index in [1.807, 2.05) is 25.7 Å². The first-order valence-electron chi connectivity index (χ1n) is 11.7. The smallest absolute Gasteiger partial charge is 0.410 e. The molecule has 29 heavy (non-hydrogen) atoms. The Kier molecular flexibility index (Phi) is 7.17. The monoisotopic (exact) mass is 408 g/mol. The van der Waals surface area contributed by atoms with Crippen molar-refractivity contribution in [2.24, 2.45) is 5.92 Å². The number of likely N-dealkylation sites (tertiary alicyclic amines) is 1. The van der Waals surface area contributed by atoms with Crippen molar-refractivity contribution in [1.29, 1.82) is 0 Å². The molecule has 3 rings (SSSR count). The minimum Gasteiger partial charge on any atom is -0.444 e. The van der Waals surface area contributed by atoms with E-state index in [9.17, 15) is 4.79 Å². The van der Waals surface area contributed by atoms with Gasteiger partial charge in [0.05, 0.1) is 0 Å². The highest BCUT2D eigenvalue weighted by atomic mass is 16.6. The molecule has 0 aromatic carbocycles. The molecule has 0 aromatic heterocycles. The van der Waals surface area contributed by atoms with Gasteiger partial charge in [0.15, 0.2) is 0 Å². The number of hydrogen-bond donors (Lipinski definition) is 1. The number of piperazine rings is 1. The summed E-state index contributed by atoms with van der Waals surface area (Å²) >= 11 is 0. The first-order chi connectivity index (χ1) is 13.5. The maximum atomic E-state index is 12.6. The number of hydrogen-bond acceptors (Lipinski definition) is 5. The molecule has 2 heterocycles. The van der Waals surface area contributed by atoms with Crippen molar-refractivity contribution in [2.45, 2.75) is 89.9 Å². The summed E-state index contributed by atoms with van der Waals surface area (Å²) < 4.78 is 5.65. The van der Waals surface area contributed by atoms with E-state index in [0.717, 1.165) is 64.4 Å². The van der Waals surface area contributed by atoms with Gasteiger partial charge in [-0.2, -0.15) is 0 Å². The summed E-state index contributed by atoms with van der Waals surface area (Å²) in [5.74, 6) is 0.792. The van der Waals surface area contributed by atoms with Crippen LogP contribution in [0.15, 0.2) is 0 Å². The average Bonchev–Trinajstić information content (AvgIpc) is 3.34. The van der Waals surface area contributed by atoms with Gasteiger partial charge in [-0.1, -0.05) is 0 Å². The topological polar surface area (TPSA) is 48.0 Å². The summed E-state index contributed by atoms with van der Waals surface area (Å²) in [7, 11) is 2.23. The summed E-state index contributed by atoms with van der Waals surface area (Å²) in [6, 6.07) is 0.856.